The van der Waals surface area contributed by atoms with Crippen molar-refractivity contribution in [3.63, 3.8) is 0 Å². The Morgan fingerprint density at radius 2 is 1.36 bits per heavy atom. The van der Waals surface area contributed by atoms with Crippen molar-refractivity contribution in [2.75, 3.05) is 6.61 Å². The predicted molar refractivity (Wildman–Crippen MR) is 137 cm³/mol. The van der Waals surface area contributed by atoms with Gasteiger partial charge in [-0.25, -0.2) is 4.79 Å². The molecule has 0 saturated carbocycles. The summed E-state index contributed by atoms with van der Waals surface area (Å²) in [7, 11) is 0. The van der Waals surface area contributed by atoms with E-state index in [4.69, 9.17) is 17.2 Å². The number of aliphatic carboxylic acids is 1. The van der Waals surface area contributed by atoms with Gasteiger partial charge in [0, 0.05) is 29.9 Å². The zero-order valence-electron chi connectivity index (χ0n) is 21.0. The number of aromatic amines is 1. The van der Waals surface area contributed by atoms with E-state index in [1.165, 1.54) is 0 Å². The minimum absolute atomic E-state index is 0.126. The molecule has 5 amide bonds. The van der Waals surface area contributed by atoms with E-state index in [2.05, 4.69) is 20.9 Å². The summed E-state index contributed by atoms with van der Waals surface area (Å²) in [6, 6.07) is 1.84. The number of aliphatic hydroxyl groups is 1. The number of carbonyl (C=O) groups excluding carboxylic acids is 5. The number of hydrogen-bond acceptors (Lipinski definition) is 8. The van der Waals surface area contributed by atoms with E-state index in [1.807, 2.05) is 24.3 Å². The fourth-order valence-corrected chi connectivity index (χ4v) is 3.75. The van der Waals surface area contributed by atoms with Crippen molar-refractivity contribution in [2.45, 2.75) is 56.3 Å². The lowest BCUT2D eigenvalue weighted by molar-refractivity contribution is -0.142. The number of aliphatic hydroxyl groups excluding tert-OH is 1. The summed E-state index contributed by atoms with van der Waals surface area (Å²) < 4.78 is 0. The molecule has 39 heavy (non-hydrogen) atoms. The second-order valence-corrected chi connectivity index (χ2v) is 8.88. The minimum Gasteiger partial charge on any atom is -0.480 e. The van der Waals surface area contributed by atoms with Gasteiger partial charge in [-0.1, -0.05) is 18.2 Å². The topological polar surface area (TPSA) is 273 Å². The van der Waals surface area contributed by atoms with Crippen molar-refractivity contribution in [1.82, 2.24) is 20.9 Å². The highest BCUT2D eigenvalue weighted by Gasteiger charge is 2.30. The quantitative estimate of drug-likeness (QED) is 0.104. The van der Waals surface area contributed by atoms with E-state index in [0.29, 0.717) is 0 Å². The number of primary amides is 2. The van der Waals surface area contributed by atoms with Gasteiger partial charge in [0.05, 0.1) is 12.6 Å². The molecule has 1 aromatic carbocycles. The first-order valence-electron chi connectivity index (χ1n) is 12.0. The van der Waals surface area contributed by atoms with Gasteiger partial charge >= 0.3 is 5.97 Å². The number of amides is 5. The first-order valence-corrected chi connectivity index (χ1v) is 12.0. The minimum atomic E-state index is -1.51. The monoisotopic (exact) mass is 547 g/mol. The first kappa shape index (κ1) is 30.7. The zero-order chi connectivity index (χ0) is 29.1. The Morgan fingerprint density at radius 3 is 1.95 bits per heavy atom. The third kappa shape index (κ3) is 9.39. The summed E-state index contributed by atoms with van der Waals surface area (Å²) in [4.78, 5) is 75.0. The molecule has 2 rings (SSSR count). The normalized spacial score (nSPS) is 14.0. The number of carbonyl (C=O) groups is 6. The Hall–Kier alpha value is -4.50. The summed E-state index contributed by atoms with van der Waals surface area (Å²) in [5.74, 6) is -5.74. The number of carboxylic acids is 1. The summed E-state index contributed by atoms with van der Waals surface area (Å²) in [5, 5.41) is 26.7. The molecule has 15 heteroatoms. The molecule has 1 aromatic heterocycles. The SMILES string of the molecule is NC(=O)CCC(NC(=O)C(CCC(N)=O)NC(=O)C(CO)NC(=O)C(N)Cc1c[nH]c2ccccc12)C(=O)O. The number of carboxylic acid groups (broad SMARTS) is 1. The van der Waals surface area contributed by atoms with Crippen LogP contribution in [0.1, 0.15) is 31.2 Å². The Kier molecular flexibility index (Phi) is 11.4. The largest absolute Gasteiger partial charge is 0.480 e. The molecule has 2 aromatic rings. The van der Waals surface area contributed by atoms with Crippen molar-refractivity contribution in [3.05, 3.63) is 36.0 Å². The average Bonchev–Trinajstić information content (AvgIpc) is 3.29. The van der Waals surface area contributed by atoms with Gasteiger partial charge in [-0.3, -0.25) is 24.0 Å². The van der Waals surface area contributed by atoms with Gasteiger partial charge in [-0.2, -0.15) is 0 Å². The molecule has 0 spiro atoms. The summed E-state index contributed by atoms with van der Waals surface area (Å²) >= 11 is 0. The maximum Gasteiger partial charge on any atom is 0.326 e. The molecule has 212 valence electrons. The zero-order valence-corrected chi connectivity index (χ0v) is 21.0. The maximum absolute atomic E-state index is 12.8. The van der Waals surface area contributed by atoms with Crippen LogP contribution in [0.5, 0.6) is 0 Å². The number of aromatic nitrogens is 1. The molecule has 4 atom stereocenters. The van der Waals surface area contributed by atoms with Gasteiger partial charge in [0.15, 0.2) is 0 Å². The van der Waals surface area contributed by atoms with Crippen molar-refractivity contribution in [3.8, 4) is 0 Å². The van der Waals surface area contributed by atoms with Crippen LogP contribution in [-0.2, 0) is 35.2 Å². The number of benzene rings is 1. The van der Waals surface area contributed by atoms with E-state index in [1.54, 1.807) is 6.20 Å². The van der Waals surface area contributed by atoms with Crippen LogP contribution in [0.4, 0.5) is 0 Å². The van der Waals surface area contributed by atoms with E-state index >= 15 is 0 Å². The van der Waals surface area contributed by atoms with Crippen LogP contribution in [0.3, 0.4) is 0 Å². The molecule has 15 nitrogen and oxygen atoms in total. The molecule has 12 N–H and O–H groups in total. The van der Waals surface area contributed by atoms with Gasteiger partial charge in [0.25, 0.3) is 0 Å². The van der Waals surface area contributed by atoms with Crippen molar-refractivity contribution >= 4 is 46.4 Å². The third-order valence-electron chi connectivity index (χ3n) is 5.87. The molecule has 0 saturated heterocycles. The molecule has 0 aliphatic carbocycles. The molecular formula is C24H33N7O8. The van der Waals surface area contributed by atoms with Crippen molar-refractivity contribution in [2.24, 2.45) is 17.2 Å². The smallest absolute Gasteiger partial charge is 0.326 e. The number of para-hydroxylation sites is 1. The van der Waals surface area contributed by atoms with Crippen molar-refractivity contribution < 1.29 is 39.0 Å². The standard InChI is InChI=1S/C24H33N7O8/c25-14(9-12-10-28-15-4-2-1-3-13(12)15)21(35)31-18(11-32)23(37)29-16(5-7-19(26)33)22(36)30-17(24(38)39)6-8-20(27)34/h1-4,10,14,16-18,28,32H,5-9,11,25H2,(H2,26,33)(H2,27,34)(H,29,37)(H,30,36)(H,31,35)(H,38,39). The van der Waals surface area contributed by atoms with E-state index < -0.39 is 66.3 Å². The number of nitrogens with one attached hydrogen (secondary N) is 4. The van der Waals surface area contributed by atoms with Crippen LogP contribution in [0.2, 0.25) is 0 Å². The van der Waals surface area contributed by atoms with Crippen LogP contribution in [0, 0.1) is 0 Å². The van der Waals surface area contributed by atoms with E-state index in [0.717, 1.165) is 16.5 Å². The summed E-state index contributed by atoms with van der Waals surface area (Å²) in [6.45, 7) is -0.849. The van der Waals surface area contributed by atoms with Crippen LogP contribution < -0.4 is 33.2 Å². The highest BCUT2D eigenvalue weighted by Crippen LogP contribution is 2.18. The number of nitrogens with two attached hydrogens (primary N) is 3. The molecule has 0 fully saturated rings. The fourth-order valence-electron chi connectivity index (χ4n) is 3.75. The highest BCUT2D eigenvalue weighted by molar-refractivity contribution is 5.95. The number of hydrogen-bond donors (Lipinski definition) is 9. The Bertz CT molecular complexity index is 1210. The molecule has 0 aliphatic heterocycles. The van der Waals surface area contributed by atoms with Gasteiger partial charge in [-0.15, -0.1) is 0 Å². The second kappa shape index (κ2) is 14.4. The number of rotatable bonds is 16. The molecule has 0 radical (unpaired) electrons. The van der Waals surface area contributed by atoms with Crippen LogP contribution in [0.15, 0.2) is 30.5 Å². The lowest BCUT2D eigenvalue weighted by Crippen LogP contribution is -2.58. The third-order valence-corrected chi connectivity index (χ3v) is 5.87. The van der Waals surface area contributed by atoms with Crippen LogP contribution >= 0.6 is 0 Å². The van der Waals surface area contributed by atoms with Gasteiger partial charge in [-0.05, 0) is 30.9 Å². The Balaban J connectivity index is 2.06. The van der Waals surface area contributed by atoms with Crippen molar-refractivity contribution in [1.29, 1.82) is 0 Å². The predicted octanol–water partition coefficient (Wildman–Crippen LogP) is -2.90. The average molecular weight is 548 g/mol. The van der Waals surface area contributed by atoms with Gasteiger partial charge in [0.2, 0.25) is 29.5 Å². The number of fused-ring (bicyclic) bond motifs is 1. The van der Waals surface area contributed by atoms with Crippen LogP contribution in [-0.4, -0.2) is 81.5 Å². The number of H-pyrrole nitrogens is 1. The summed E-state index contributed by atoms with van der Waals surface area (Å²) in [6.07, 6.45) is 0.554. The summed E-state index contributed by atoms with van der Waals surface area (Å²) in [5.41, 5.74) is 17.8. The maximum atomic E-state index is 12.8. The lowest BCUT2D eigenvalue weighted by Gasteiger charge is -2.24. The molecule has 0 aliphatic rings. The fraction of sp³-hybridized carbons (Fsp3) is 0.417. The van der Waals surface area contributed by atoms with Crippen LogP contribution in [0.25, 0.3) is 10.9 Å². The molecular weight excluding hydrogens is 514 g/mol. The highest BCUT2D eigenvalue weighted by atomic mass is 16.4. The molecule has 0 bridgehead atoms. The Morgan fingerprint density at radius 1 is 0.821 bits per heavy atom. The Labute approximate surface area is 222 Å². The van der Waals surface area contributed by atoms with E-state index in [-0.39, 0.29) is 32.1 Å². The first-order chi connectivity index (χ1) is 18.4. The van der Waals surface area contributed by atoms with E-state index in [9.17, 15) is 39.0 Å². The lowest BCUT2D eigenvalue weighted by atomic mass is 10.0. The second-order valence-electron chi connectivity index (χ2n) is 8.88. The van der Waals surface area contributed by atoms with Gasteiger partial charge in [0.1, 0.15) is 18.1 Å². The molecule has 1 heterocycles. The molecule has 4 unspecified atom stereocenters. The van der Waals surface area contributed by atoms with Gasteiger partial charge < -0.3 is 48.3 Å².